The van der Waals surface area contributed by atoms with Crippen LogP contribution in [0.4, 0.5) is 17.2 Å². The lowest BCUT2D eigenvalue weighted by Crippen LogP contribution is -2.44. The monoisotopic (exact) mass is 453 g/mol. The molecular formula is C26H27N7O. The van der Waals surface area contributed by atoms with Gasteiger partial charge in [-0.1, -0.05) is 6.07 Å². The van der Waals surface area contributed by atoms with Crippen molar-refractivity contribution < 1.29 is 4.79 Å². The van der Waals surface area contributed by atoms with E-state index in [4.69, 9.17) is 0 Å². The smallest absolute Gasteiger partial charge is 0.254 e. The van der Waals surface area contributed by atoms with Crippen LogP contribution < -0.4 is 15.5 Å². The Labute approximate surface area is 198 Å². The number of aromatic nitrogens is 3. The van der Waals surface area contributed by atoms with Crippen LogP contribution in [0.2, 0.25) is 0 Å². The normalized spacial score (nSPS) is 16.1. The summed E-state index contributed by atoms with van der Waals surface area (Å²) in [7, 11) is 4.15. The average molecular weight is 454 g/mol. The molecule has 0 radical (unpaired) electrons. The fourth-order valence-electron chi connectivity index (χ4n) is 4.98. The van der Waals surface area contributed by atoms with Crippen molar-refractivity contribution in [1.82, 2.24) is 24.8 Å². The molecule has 0 aliphatic carbocycles. The molecule has 0 saturated carbocycles. The van der Waals surface area contributed by atoms with Gasteiger partial charge >= 0.3 is 0 Å². The summed E-state index contributed by atoms with van der Waals surface area (Å²) in [5, 5.41) is 7.45. The Kier molecular flexibility index (Phi) is 4.95. The Bertz CT molecular complexity index is 1380. The number of amides is 1. The van der Waals surface area contributed by atoms with E-state index in [2.05, 4.69) is 61.8 Å². The molecule has 8 nitrogen and oxygen atoms in total. The minimum Gasteiger partial charge on any atom is -0.368 e. The van der Waals surface area contributed by atoms with Crippen LogP contribution in [0.25, 0.3) is 22.2 Å². The van der Waals surface area contributed by atoms with Gasteiger partial charge in [0.1, 0.15) is 11.5 Å². The maximum Gasteiger partial charge on any atom is 0.254 e. The zero-order valence-electron chi connectivity index (χ0n) is 19.4. The van der Waals surface area contributed by atoms with E-state index >= 15 is 0 Å². The highest BCUT2D eigenvalue weighted by Crippen LogP contribution is 2.38. The van der Waals surface area contributed by atoms with Crippen molar-refractivity contribution in [2.75, 3.05) is 43.4 Å². The number of carbonyl (C=O) groups is 1. The molecule has 1 saturated heterocycles. The van der Waals surface area contributed by atoms with Crippen LogP contribution in [0.1, 0.15) is 15.9 Å². The van der Waals surface area contributed by atoms with Crippen LogP contribution in [0.15, 0.2) is 55.0 Å². The molecule has 6 rings (SSSR count). The van der Waals surface area contributed by atoms with E-state index in [1.807, 2.05) is 36.0 Å². The van der Waals surface area contributed by atoms with E-state index < -0.39 is 0 Å². The van der Waals surface area contributed by atoms with Gasteiger partial charge in [-0.25, -0.2) is 9.97 Å². The van der Waals surface area contributed by atoms with Crippen molar-refractivity contribution >= 4 is 34.1 Å². The molecule has 1 amide bonds. The topological polar surface area (TPSA) is 78.3 Å². The summed E-state index contributed by atoms with van der Waals surface area (Å²) < 4.78 is 2.03. The quantitative estimate of drug-likeness (QED) is 0.493. The van der Waals surface area contributed by atoms with Gasteiger partial charge in [-0.05, 0) is 48.5 Å². The zero-order chi connectivity index (χ0) is 23.2. The van der Waals surface area contributed by atoms with Crippen molar-refractivity contribution in [1.29, 1.82) is 0 Å². The Morgan fingerprint density at radius 3 is 2.62 bits per heavy atom. The van der Waals surface area contributed by atoms with Gasteiger partial charge in [-0.15, -0.1) is 0 Å². The lowest BCUT2D eigenvalue weighted by Gasteiger charge is -2.33. The Morgan fingerprint density at radius 2 is 1.82 bits per heavy atom. The van der Waals surface area contributed by atoms with Crippen molar-refractivity contribution in [3.63, 3.8) is 0 Å². The second-order valence-corrected chi connectivity index (χ2v) is 9.04. The van der Waals surface area contributed by atoms with E-state index in [1.165, 1.54) is 0 Å². The first kappa shape index (κ1) is 20.7. The zero-order valence-corrected chi connectivity index (χ0v) is 19.4. The summed E-state index contributed by atoms with van der Waals surface area (Å²) in [5.41, 5.74) is 6.64. The van der Waals surface area contributed by atoms with Crippen LogP contribution in [0.3, 0.4) is 0 Å². The van der Waals surface area contributed by atoms with Gasteiger partial charge in [-0.2, -0.15) is 0 Å². The summed E-state index contributed by atoms with van der Waals surface area (Å²) in [6.07, 6.45) is 5.80. The number of rotatable bonds is 4. The van der Waals surface area contributed by atoms with Gasteiger partial charge in [-0.3, -0.25) is 4.79 Å². The number of piperazine rings is 1. The van der Waals surface area contributed by atoms with Crippen molar-refractivity contribution in [3.05, 3.63) is 66.1 Å². The third kappa shape index (κ3) is 3.47. The number of likely N-dealkylation sites (N-methyl/N-ethyl adjacent to an activating group) is 1. The molecule has 1 aromatic carbocycles. The molecular weight excluding hydrogens is 426 g/mol. The Morgan fingerprint density at radius 1 is 0.971 bits per heavy atom. The second kappa shape index (κ2) is 8.14. The van der Waals surface area contributed by atoms with Gasteiger partial charge in [0.15, 0.2) is 0 Å². The van der Waals surface area contributed by atoms with E-state index in [0.29, 0.717) is 12.1 Å². The first-order chi connectivity index (χ1) is 16.6. The first-order valence-corrected chi connectivity index (χ1v) is 11.6. The summed E-state index contributed by atoms with van der Waals surface area (Å²) in [6.45, 7) is 4.62. The maximum absolute atomic E-state index is 12.8. The predicted molar refractivity (Wildman–Crippen MR) is 135 cm³/mol. The number of pyridine rings is 2. The van der Waals surface area contributed by atoms with Gasteiger partial charge in [0.25, 0.3) is 5.91 Å². The van der Waals surface area contributed by atoms with Crippen LogP contribution >= 0.6 is 0 Å². The van der Waals surface area contributed by atoms with Crippen LogP contribution in [0.5, 0.6) is 0 Å². The Balaban J connectivity index is 1.32. The van der Waals surface area contributed by atoms with Crippen molar-refractivity contribution in [2.24, 2.45) is 7.05 Å². The standard InChI is InChI=1S/C26H27N7O/c1-31-10-12-33(13-11-31)17-5-8-23(28-14-17)30-22-7-6-18(20-15-29-26(34)24(20)22)21-16-32(2)25-19(21)4-3-9-27-25/h3-9,14,16H,10-13,15H2,1-2H3,(H,28,30)(H,29,34). The first-order valence-electron chi connectivity index (χ1n) is 11.6. The van der Waals surface area contributed by atoms with Gasteiger partial charge in [0, 0.05) is 63.1 Å². The number of nitrogens with zero attached hydrogens (tertiary/aromatic N) is 5. The maximum atomic E-state index is 12.8. The largest absolute Gasteiger partial charge is 0.368 e. The molecule has 5 heterocycles. The van der Waals surface area contributed by atoms with E-state index in [9.17, 15) is 4.79 Å². The lowest BCUT2D eigenvalue weighted by molar-refractivity contribution is 0.0966. The molecule has 2 aliphatic heterocycles. The molecule has 34 heavy (non-hydrogen) atoms. The predicted octanol–water partition coefficient (Wildman–Crippen LogP) is 3.37. The fourth-order valence-corrected chi connectivity index (χ4v) is 4.98. The minimum atomic E-state index is -0.0632. The average Bonchev–Trinajstić information content (AvgIpc) is 3.41. The highest BCUT2D eigenvalue weighted by Gasteiger charge is 2.27. The third-order valence-electron chi connectivity index (χ3n) is 6.87. The fraction of sp³-hybridized carbons (Fsp3) is 0.269. The molecule has 0 bridgehead atoms. The highest BCUT2D eigenvalue weighted by atomic mass is 16.1. The third-order valence-corrected chi connectivity index (χ3v) is 6.87. The number of nitrogens with one attached hydrogen (secondary N) is 2. The minimum absolute atomic E-state index is 0.0632. The van der Waals surface area contributed by atoms with E-state index in [-0.39, 0.29) is 5.91 Å². The molecule has 2 aliphatic rings. The van der Waals surface area contributed by atoms with Gasteiger partial charge in [0.2, 0.25) is 0 Å². The number of anilines is 3. The SMILES string of the molecule is CN1CCN(c2ccc(Nc3ccc(-c4cn(C)c5ncccc45)c4c3C(=O)NC4)nc2)CC1. The summed E-state index contributed by atoms with van der Waals surface area (Å²) in [4.78, 5) is 26.7. The van der Waals surface area contributed by atoms with E-state index in [0.717, 1.165) is 71.1 Å². The molecule has 0 unspecified atom stereocenters. The molecule has 4 aromatic rings. The van der Waals surface area contributed by atoms with Crippen molar-refractivity contribution in [3.8, 4) is 11.1 Å². The number of hydrogen-bond acceptors (Lipinski definition) is 6. The summed E-state index contributed by atoms with van der Waals surface area (Å²) >= 11 is 0. The van der Waals surface area contributed by atoms with Crippen LogP contribution in [-0.4, -0.2) is 58.6 Å². The summed E-state index contributed by atoms with van der Waals surface area (Å²) in [5.74, 6) is 0.661. The van der Waals surface area contributed by atoms with Crippen molar-refractivity contribution in [2.45, 2.75) is 6.54 Å². The lowest BCUT2D eigenvalue weighted by atomic mass is 9.95. The van der Waals surface area contributed by atoms with Crippen LogP contribution in [0, 0.1) is 0 Å². The number of fused-ring (bicyclic) bond motifs is 2. The number of hydrogen-bond donors (Lipinski definition) is 2. The van der Waals surface area contributed by atoms with E-state index in [1.54, 1.807) is 6.20 Å². The number of aryl methyl sites for hydroxylation is 1. The molecule has 2 N–H and O–H groups in total. The molecule has 0 spiro atoms. The van der Waals surface area contributed by atoms with Gasteiger partial charge in [0.05, 0.1) is 23.1 Å². The Hall–Kier alpha value is -3.91. The number of benzene rings is 1. The molecule has 3 aromatic heterocycles. The molecule has 0 atom stereocenters. The molecule has 172 valence electrons. The highest BCUT2D eigenvalue weighted by molar-refractivity contribution is 6.07. The molecule has 8 heteroatoms. The summed E-state index contributed by atoms with van der Waals surface area (Å²) in [6, 6.07) is 12.2. The number of carbonyl (C=O) groups excluding carboxylic acids is 1. The second-order valence-electron chi connectivity index (χ2n) is 9.04. The molecule has 1 fully saturated rings. The van der Waals surface area contributed by atoms with Crippen LogP contribution in [-0.2, 0) is 13.6 Å². The van der Waals surface area contributed by atoms with Gasteiger partial charge < -0.3 is 25.0 Å².